The monoisotopic (exact) mass is 365 g/mol. The van der Waals surface area contributed by atoms with Gasteiger partial charge in [-0.15, -0.1) is 0 Å². The maximum Gasteiger partial charge on any atom is 0.412 e. The first-order valence-corrected chi connectivity index (χ1v) is 9.01. The van der Waals surface area contributed by atoms with Crippen LogP contribution in [0.1, 0.15) is 52.8 Å². The number of ether oxygens (including phenoxy) is 4. The summed E-state index contributed by atoms with van der Waals surface area (Å²) in [6.45, 7) is 10.3. The highest BCUT2D eigenvalue weighted by molar-refractivity contribution is 5.70. The number of benzene rings is 1. The van der Waals surface area contributed by atoms with Crippen molar-refractivity contribution in [3.63, 3.8) is 0 Å². The van der Waals surface area contributed by atoms with Crippen molar-refractivity contribution in [2.45, 2.75) is 58.9 Å². The van der Waals surface area contributed by atoms with Crippen LogP contribution in [0.4, 0.5) is 4.79 Å². The molecule has 1 aromatic carbocycles. The Morgan fingerprint density at radius 3 is 2.27 bits per heavy atom. The van der Waals surface area contributed by atoms with Crippen LogP contribution in [0.2, 0.25) is 0 Å². The first-order valence-electron chi connectivity index (χ1n) is 9.01. The first kappa shape index (κ1) is 20.4. The Kier molecular flexibility index (Phi) is 6.39. The molecule has 0 N–H and O–H groups in total. The van der Waals surface area contributed by atoms with Crippen molar-refractivity contribution >= 4 is 6.09 Å². The SMILES string of the molecule is COc1cccc(OC)c1C1OCC(CC(C)C)N1C(=O)OC(C)(C)C. The molecule has 6 heteroatoms. The molecule has 2 atom stereocenters. The minimum atomic E-state index is -0.611. The van der Waals surface area contributed by atoms with Crippen LogP contribution >= 0.6 is 0 Å². The van der Waals surface area contributed by atoms with Gasteiger partial charge in [-0.3, -0.25) is 4.90 Å². The van der Waals surface area contributed by atoms with Crippen LogP contribution in [-0.4, -0.2) is 43.5 Å². The van der Waals surface area contributed by atoms with Crippen molar-refractivity contribution in [2.75, 3.05) is 20.8 Å². The molecule has 0 radical (unpaired) electrons. The number of rotatable bonds is 5. The van der Waals surface area contributed by atoms with E-state index < -0.39 is 17.9 Å². The summed E-state index contributed by atoms with van der Waals surface area (Å²) < 4.78 is 22.7. The van der Waals surface area contributed by atoms with Crippen molar-refractivity contribution in [3.8, 4) is 11.5 Å². The van der Waals surface area contributed by atoms with Crippen molar-refractivity contribution in [2.24, 2.45) is 5.92 Å². The third-order valence-corrected chi connectivity index (χ3v) is 4.15. The standard InChI is InChI=1S/C20H31NO5/c1-13(2)11-14-12-25-18(21(14)19(22)26-20(3,4)5)17-15(23-6)9-8-10-16(17)24-7/h8-10,13-14,18H,11-12H2,1-7H3. The summed E-state index contributed by atoms with van der Waals surface area (Å²) in [5.41, 5.74) is 0.117. The Morgan fingerprint density at radius 1 is 1.23 bits per heavy atom. The lowest BCUT2D eigenvalue weighted by Gasteiger charge is -2.32. The van der Waals surface area contributed by atoms with Gasteiger partial charge >= 0.3 is 6.09 Å². The van der Waals surface area contributed by atoms with E-state index in [9.17, 15) is 4.79 Å². The molecule has 0 bridgehead atoms. The molecule has 146 valence electrons. The van der Waals surface area contributed by atoms with Gasteiger partial charge in [0.25, 0.3) is 0 Å². The van der Waals surface area contributed by atoms with E-state index in [1.54, 1.807) is 19.1 Å². The third-order valence-electron chi connectivity index (χ3n) is 4.15. The second-order valence-corrected chi connectivity index (χ2v) is 7.93. The van der Waals surface area contributed by atoms with Gasteiger partial charge in [-0.1, -0.05) is 19.9 Å². The number of nitrogens with zero attached hydrogens (tertiary/aromatic N) is 1. The second kappa shape index (κ2) is 8.16. The summed E-state index contributed by atoms with van der Waals surface area (Å²) in [7, 11) is 3.19. The van der Waals surface area contributed by atoms with Gasteiger partial charge in [0.15, 0.2) is 6.23 Å². The quantitative estimate of drug-likeness (QED) is 0.775. The van der Waals surface area contributed by atoms with Gasteiger partial charge < -0.3 is 18.9 Å². The number of amides is 1. The summed E-state index contributed by atoms with van der Waals surface area (Å²) in [4.78, 5) is 14.7. The molecule has 26 heavy (non-hydrogen) atoms. The normalized spacial score (nSPS) is 20.4. The van der Waals surface area contributed by atoms with E-state index in [2.05, 4.69) is 13.8 Å². The molecule has 0 spiro atoms. The van der Waals surface area contributed by atoms with Gasteiger partial charge in [0.05, 0.1) is 32.4 Å². The highest BCUT2D eigenvalue weighted by Crippen LogP contribution is 2.43. The molecule has 1 aliphatic rings. The van der Waals surface area contributed by atoms with Gasteiger partial charge in [0.2, 0.25) is 0 Å². The molecule has 2 unspecified atom stereocenters. The summed E-state index contributed by atoms with van der Waals surface area (Å²) >= 11 is 0. The lowest BCUT2D eigenvalue weighted by atomic mass is 10.0. The van der Waals surface area contributed by atoms with Crippen LogP contribution in [0.25, 0.3) is 0 Å². The van der Waals surface area contributed by atoms with E-state index in [4.69, 9.17) is 18.9 Å². The molecule has 1 amide bonds. The average Bonchev–Trinajstić information content (AvgIpc) is 2.94. The molecular weight excluding hydrogens is 334 g/mol. The number of hydrogen-bond donors (Lipinski definition) is 0. The third kappa shape index (κ3) is 4.61. The Hall–Kier alpha value is -1.95. The van der Waals surface area contributed by atoms with Crippen molar-refractivity contribution in [3.05, 3.63) is 23.8 Å². The Morgan fingerprint density at radius 2 is 1.81 bits per heavy atom. The van der Waals surface area contributed by atoms with E-state index in [1.807, 2.05) is 39.0 Å². The predicted molar refractivity (Wildman–Crippen MR) is 99.6 cm³/mol. The van der Waals surface area contributed by atoms with Crippen molar-refractivity contribution in [1.29, 1.82) is 0 Å². The van der Waals surface area contributed by atoms with Crippen LogP contribution in [0.5, 0.6) is 11.5 Å². The molecule has 6 nitrogen and oxygen atoms in total. The maximum absolute atomic E-state index is 13.0. The minimum Gasteiger partial charge on any atom is -0.496 e. The van der Waals surface area contributed by atoms with Crippen LogP contribution < -0.4 is 9.47 Å². The fourth-order valence-electron chi connectivity index (χ4n) is 3.19. The molecular formula is C20H31NO5. The predicted octanol–water partition coefficient (Wildman–Crippen LogP) is 4.38. The number of methoxy groups -OCH3 is 2. The Bertz CT molecular complexity index is 601. The zero-order valence-corrected chi connectivity index (χ0v) is 16.9. The highest BCUT2D eigenvalue weighted by atomic mass is 16.6. The molecule has 0 saturated carbocycles. The molecule has 1 saturated heterocycles. The van der Waals surface area contributed by atoms with Crippen molar-refractivity contribution in [1.82, 2.24) is 4.90 Å². The Balaban J connectivity index is 2.44. The second-order valence-electron chi connectivity index (χ2n) is 7.93. The topological polar surface area (TPSA) is 57.2 Å². The summed E-state index contributed by atoms with van der Waals surface area (Å²) in [6.07, 6.45) is -0.175. The van der Waals surface area contributed by atoms with Crippen LogP contribution in [0.15, 0.2) is 18.2 Å². The lowest BCUT2D eigenvalue weighted by molar-refractivity contribution is -0.0161. The lowest BCUT2D eigenvalue weighted by Crippen LogP contribution is -2.42. The van der Waals surface area contributed by atoms with Gasteiger partial charge in [-0.25, -0.2) is 4.79 Å². The van der Waals surface area contributed by atoms with E-state index in [-0.39, 0.29) is 6.04 Å². The highest BCUT2D eigenvalue weighted by Gasteiger charge is 2.43. The van der Waals surface area contributed by atoms with E-state index >= 15 is 0 Å². The average molecular weight is 365 g/mol. The smallest absolute Gasteiger partial charge is 0.412 e. The van der Waals surface area contributed by atoms with Gasteiger partial charge in [-0.2, -0.15) is 0 Å². The zero-order chi connectivity index (χ0) is 19.5. The fourth-order valence-corrected chi connectivity index (χ4v) is 3.19. The van der Waals surface area contributed by atoms with Crippen LogP contribution in [0.3, 0.4) is 0 Å². The van der Waals surface area contributed by atoms with Gasteiger partial charge in [0, 0.05) is 0 Å². The molecule has 2 rings (SSSR count). The molecule has 1 aromatic rings. The van der Waals surface area contributed by atoms with E-state index in [0.29, 0.717) is 29.6 Å². The molecule has 1 heterocycles. The van der Waals surface area contributed by atoms with E-state index in [1.165, 1.54) is 0 Å². The Labute approximate surface area is 156 Å². The van der Waals surface area contributed by atoms with Crippen LogP contribution in [0, 0.1) is 5.92 Å². The van der Waals surface area contributed by atoms with Gasteiger partial charge in [0.1, 0.15) is 17.1 Å². The number of carbonyl (C=O) groups excluding carboxylic acids is 1. The molecule has 0 aromatic heterocycles. The van der Waals surface area contributed by atoms with E-state index in [0.717, 1.165) is 6.42 Å². The summed E-state index contributed by atoms with van der Waals surface area (Å²) in [6, 6.07) is 5.46. The number of carbonyl (C=O) groups is 1. The molecule has 1 aliphatic heterocycles. The minimum absolute atomic E-state index is 0.0653. The zero-order valence-electron chi connectivity index (χ0n) is 16.9. The largest absolute Gasteiger partial charge is 0.496 e. The van der Waals surface area contributed by atoms with Gasteiger partial charge in [-0.05, 0) is 45.2 Å². The first-order chi connectivity index (χ1) is 12.2. The summed E-state index contributed by atoms with van der Waals surface area (Å²) in [5.74, 6) is 1.66. The molecule has 1 fully saturated rings. The number of hydrogen-bond acceptors (Lipinski definition) is 5. The van der Waals surface area contributed by atoms with Crippen molar-refractivity contribution < 1.29 is 23.7 Å². The fraction of sp³-hybridized carbons (Fsp3) is 0.650. The van der Waals surface area contributed by atoms with Crippen LogP contribution in [-0.2, 0) is 9.47 Å². The maximum atomic E-state index is 13.0. The summed E-state index contributed by atoms with van der Waals surface area (Å²) in [5, 5.41) is 0. The molecule has 0 aliphatic carbocycles.